The Morgan fingerprint density at radius 3 is 2.79 bits per heavy atom. The van der Waals surface area contributed by atoms with Crippen LogP contribution in [0.1, 0.15) is 15.9 Å². The van der Waals surface area contributed by atoms with E-state index in [1.807, 2.05) is 0 Å². The minimum absolute atomic E-state index is 0.109. The lowest BCUT2D eigenvalue weighted by molar-refractivity contribution is 0.0998. The Hall–Kier alpha value is -1.81. The number of amides is 1. The van der Waals surface area contributed by atoms with Crippen LogP contribution in [-0.4, -0.2) is 17.6 Å². The van der Waals surface area contributed by atoms with Crippen LogP contribution in [-0.2, 0) is 0 Å². The Labute approximate surface area is 81.8 Å². The highest BCUT2D eigenvalue weighted by Gasteiger charge is 2.06. The molecule has 5 N–H and O–H groups in total. The summed E-state index contributed by atoms with van der Waals surface area (Å²) in [5.41, 5.74) is 11.2. The molecule has 1 aromatic carbocycles. The van der Waals surface area contributed by atoms with E-state index >= 15 is 0 Å². The summed E-state index contributed by atoms with van der Waals surface area (Å²) in [4.78, 5) is 10.9. The Bertz CT molecular complexity index is 372. The lowest BCUT2D eigenvalue weighted by Crippen LogP contribution is -2.11. The van der Waals surface area contributed by atoms with Gasteiger partial charge < -0.3 is 16.6 Å². The van der Waals surface area contributed by atoms with Gasteiger partial charge in [-0.2, -0.15) is 0 Å². The number of carbonyl (C=O) groups excluding carboxylic acids is 1. The minimum Gasteiger partial charge on any atom is -0.507 e. The second-order valence-corrected chi connectivity index (χ2v) is 2.78. The van der Waals surface area contributed by atoms with Crippen LogP contribution in [0.25, 0.3) is 6.08 Å². The first kappa shape index (κ1) is 10.3. The summed E-state index contributed by atoms with van der Waals surface area (Å²) in [5.74, 6) is -0.757. The van der Waals surface area contributed by atoms with E-state index in [4.69, 9.17) is 11.5 Å². The van der Waals surface area contributed by atoms with E-state index in [1.165, 1.54) is 12.1 Å². The van der Waals surface area contributed by atoms with Crippen molar-refractivity contribution in [2.24, 2.45) is 11.5 Å². The molecule has 0 radical (unpaired) electrons. The van der Waals surface area contributed by atoms with Gasteiger partial charge in [0.05, 0.1) is 5.56 Å². The smallest absolute Gasteiger partial charge is 0.252 e. The summed E-state index contributed by atoms with van der Waals surface area (Å²) in [5, 5.41) is 9.28. The van der Waals surface area contributed by atoms with Crippen LogP contribution in [0.3, 0.4) is 0 Å². The van der Waals surface area contributed by atoms with E-state index in [1.54, 1.807) is 18.2 Å². The Balaban J connectivity index is 3.06. The van der Waals surface area contributed by atoms with E-state index in [0.29, 0.717) is 6.54 Å². The van der Waals surface area contributed by atoms with Gasteiger partial charge in [0.1, 0.15) is 5.75 Å². The predicted octanol–water partition coefficient (Wildman–Crippen LogP) is 0.463. The number of phenols is 1. The maximum Gasteiger partial charge on any atom is 0.252 e. The number of primary amides is 1. The largest absolute Gasteiger partial charge is 0.507 e. The zero-order valence-electron chi connectivity index (χ0n) is 7.60. The van der Waals surface area contributed by atoms with Gasteiger partial charge >= 0.3 is 0 Å². The summed E-state index contributed by atoms with van der Waals surface area (Å²) in [6, 6.07) is 4.62. The van der Waals surface area contributed by atoms with E-state index in [-0.39, 0.29) is 11.3 Å². The van der Waals surface area contributed by atoms with Gasteiger partial charge in [0.25, 0.3) is 5.91 Å². The number of benzene rings is 1. The average Bonchev–Trinajstić information content (AvgIpc) is 2.16. The van der Waals surface area contributed by atoms with Crippen LogP contribution in [0.5, 0.6) is 5.75 Å². The molecule has 0 aliphatic heterocycles. The van der Waals surface area contributed by atoms with Crippen molar-refractivity contribution in [2.45, 2.75) is 0 Å². The van der Waals surface area contributed by atoms with E-state index in [2.05, 4.69) is 0 Å². The molecular weight excluding hydrogens is 180 g/mol. The number of rotatable bonds is 3. The molecule has 14 heavy (non-hydrogen) atoms. The fraction of sp³-hybridized carbons (Fsp3) is 0.100. The Kier molecular flexibility index (Phi) is 3.25. The molecular formula is C10H12N2O2. The van der Waals surface area contributed by atoms with Crippen molar-refractivity contribution in [2.75, 3.05) is 6.54 Å². The Morgan fingerprint density at radius 2 is 2.21 bits per heavy atom. The average molecular weight is 192 g/mol. The number of hydrogen-bond acceptors (Lipinski definition) is 3. The third-order valence-corrected chi connectivity index (χ3v) is 1.73. The summed E-state index contributed by atoms with van der Waals surface area (Å²) >= 11 is 0. The van der Waals surface area contributed by atoms with E-state index in [9.17, 15) is 9.90 Å². The minimum atomic E-state index is -0.648. The van der Waals surface area contributed by atoms with Crippen LogP contribution in [0, 0.1) is 0 Å². The summed E-state index contributed by atoms with van der Waals surface area (Å²) in [6.45, 7) is 0.423. The topological polar surface area (TPSA) is 89.3 Å². The zero-order chi connectivity index (χ0) is 10.6. The molecule has 4 heteroatoms. The lowest BCUT2D eigenvalue weighted by Gasteiger charge is -2.01. The van der Waals surface area contributed by atoms with Gasteiger partial charge in [-0.3, -0.25) is 4.79 Å². The summed E-state index contributed by atoms with van der Waals surface area (Å²) in [7, 11) is 0. The molecule has 1 amide bonds. The number of aromatic hydroxyl groups is 1. The van der Waals surface area contributed by atoms with Crippen LogP contribution in [0.4, 0.5) is 0 Å². The van der Waals surface area contributed by atoms with Crippen molar-refractivity contribution in [3.8, 4) is 5.75 Å². The molecule has 0 heterocycles. The molecule has 1 rings (SSSR count). The standard InChI is InChI=1S/C10H12N2O2/c11-5-1-2-7-3-4-9(13)8(6-7)10(12)14/h1-4,6,13H,5,11H2,(H2,12,14). The second kappa shape index (κ2) is 4.43. The third kappa shape index (κ3) is 2.34. The molecule has 0 unspecified atom stereocenters. The quantitative estimate of drug-likeness (QED) is 0.650. The van der Waals surface area contributed by atoms with Gasteiger partial charge in [0, 0.05) is 6.54 Å². The van der Waals surface area contributed by atoms with Crippen molar-refractivity contribution in [3.63, 3.8) is 0 Å². The number of hydrogen-bond donors (Lipinski definition) is 3. The molecule has 0 spiro atoms. The van der Waals surface area contributed by atoms with Crippen molar-refractivity contribution in [3.05, 3.63) is 35.4 Å². The molecule has 0 aliphatic rings. The van der Waals surface area contributed by atoms with Gasteiger partial charge in [-0.05, 0) is 17.7 Å². The monoisotopic (exact) mass is 192 g/mol. The highest BCUT2D eigenvalue weighted by atomic mass is 16.3. The molecule has 0 aliphatic carbocycles. The normalized spacial score (nSPS) is 10.6. The molecule has 0 bridgehead atoms. The molecule has 1 aromatic rings. The molecule has 0 atom stereocenters. The third-order valence-electron chi connectivity index (χ3n) is 1.73. The first-order valence-corrected chi connectivity index (χ1v) is 4.14. The van der Waals surface area contributed by atoms with Crippen LogP contribution >= 0.6 is 0 Å². The first-order valence-electron chi connectivity index (χ1n) is 4.14. The van der Waals surface area contributed by atoms with Crippen molar-refractivity contribution < 1.29 is 9.90 Å². The molecule has 0 fully saturated rings. The van der Waals surface area contributed by atoms with Gasteiger partial charge in [0.15, 0.2) is 0 Å². The fourth-order valence-corrected chi connectivity index (χ4v) is 1.06. The van der Waals surface area contributed by atoms with Crippen LogP contribution in [0.15, 0.2) is 24.3 Å². The van der Waals surface area contributed by atoms with Crippen LogP contribution < -0.4 is 11.5 Å². The van der Waals surface area contributed by atoms with Crippen molar-refractivity contribution in [1.29, 1.82) is 0 Å². The molecule has 0 saturated heterocycles. The summed E-state index contributed by atoms with van der Waals surface area (Å²) < 4.78 is 0. The SMILES string of the molecule is NCC=Cc1ccc(O)c(C(N)=O)c1. The van der Waals surface area contributed by atoms with Gasteiger partial charge in [0.2, 0.25) is 0 Å². The maximum absolute atomic E-state index is 10.9. The second-order valence-electron chi connectivity index (χ2n) is 2.78. The fourth-order valence-electron chi connectivity index (χ4n) is 1.06. The predicted molar refractivity (Wildman–Crippen MR) is 54.7 cm³/mol. The molecule has 0 aromatic heterocycles. The van der Waals surface area contributed by atoms with E-state index < -0.39 is 5.91 Å². The molecule has 74 valence electrons. The van der Waals surface area contributed by atoms with Gasteiger partial charge in [-0.1, -0.05) is 18.2 Å². The number of carbonyl (C=O) groups is 1. The zero-order valence-corrected chi connectivity index (χ0v) is 7.60. The Morgan fingerprint density at radius 1 is 1.50 bits per heavy atom. The molecule has 0 saturated carbocycles. The van der Waals surface area contributed by atoms with Gasteiger partial charge in [-0.15, -0.1) is 0 Å². The van der Waals surface area contributed by atoms with Crippen molar-refractivity contribution >= 4 is 12.0 Å². The summed E-state index contributed by atoms with van der Waals surface area (Å²) in [6.07, 6.45) is 3.50. The van der Waals surface area contributed by atoms with Crippen LogP contribution in [0.2, 0.25) is 0 Å². The highest BCUT2D eigenvalue weighted by Crippen LogP contribution is 2.18. The van der Waals surface area contributed by atoms with Crippen molar-refractivity contribution in [1.82, 2.24) is 0 Å². The maximum atomic E-state index is 10.9. The lowest BCUT2D eigenvalue weighted by atomic mass is 10.1. The molecule has 4 nitrogen and oxygen atoms in total. The van der Waals surface area contributed by atoms with Gasteiger partial charge in [-0.25, -0.2) is 0 Å². The highest BCUT2D eigenvalue weighted by molar-refractivity contribution is 5.96. The first-order chi connectivity index (χ1) is 6.65. The van der Waals surface area contributed by atoms with E-state index in [0.717, 1.165) is 5.56 Å². The number of nitrogens with two attached hydrogens (primary N) is 2.